The zero-order valence-corrected chi connectivity index (χ0v) is 16.4. The molecule has 0 amide bonds. The van der Waals surface area contributed by atoms with E-state index in [1.165, 1.54) is 36.4 Å². The molecule has 1 saturated heterocycles. The minimum absolute atomic E-state index is 0.00103. The van der Waals surface area contributed by atoms with Crippen molar-refractivity contribution in [3.63, 3.8) is 0 Å². The van der Waals surface area contributed by atoms with Gasteiger partial charge in [-0.05, 0) is 36.4 Å². The molecule has 1 fully saturated rings. The second-order valence-corrected chi connectivity index (χ2v) is 8.38. The van der Waals surface area contributed by atoms with Crippen LogP contribution < -0.4 is 0 Å². The first kappa shape index (κ1) is 19.7. The highest BCUT2D eigenvalue weighted by Crippen LogP contribution is 2.38. The Kier molecular flexibility index (Phi) is 4.79. The van der Waals surface area contributed by atoms with Gasteiger partial charge in [0.15, 0.2) is 0 Å². The van der Waals surface area contributed by atoms with Crippen LogP contribution in [0.3, 0.4) is 0 Å². The van der Waals surface area contributed by atoms with Crippen LogP contribution in [-0.4, -0.2) is 47.8 Å². The van der Waals surface area contributed by atoms with Crippen LogP contribution in [0.15, 0.2) is 60.7 Å². The smallest absolute Gasteiger partial charge is 0.347 e. The van der Waals surface area contributed by atoms with E-state index in [0.717, 1.165) is 16.6 Å². The number of carbonyl (C=O) groups is 1. The van der Waals surface area contributed by atoms with E-state index < -0.39 is 23.2 Å². The first-order chi connectivity index (χ1) is 13.7. The maximum absolute atomic E-state index is 13.9. The third-order valence-electron chi connectivity index (χ3n) is 6.33. The molecule has 2 aliphatic heterocycles. The fraction of sp³-hybridized carbons (Fsp3) is 0.348. The number of aliphatic hydroxyl groups is 1. The first-order valence-corrected chi connectivity index (χ1v) is 9.68. The topological polar surface area (TPSA) is 46.5 Å². The molecule has 0 radical (unpaired) electrons. The van der Waals surface area contributed by atoms with Crippen molar-refractivity contribution in [1.29, 1.82) is 0 Å². The average molecular weight is 400 g/mol. The van der Waals surface area contributed by atoms with E-state index in [4.69, 9.17) is 4.74 Å². The highest BCUT2D eigenvalue weighted by molar-refractivity contribution is 5.85. The van der Waals surface area contributed by atoms with E-state index in [1.54, 1.807) is 0 Å². The molecular formula is C23H24F2NO3+. The molecule has 2 aliphatic rings. The quantitative estimate of drug-likeness (QED) is 0.487. The molecule has 2 atom stereocenters. The molecular weight excluding hydrogens is 376 g/mol. The van der Waals surface area contributed by atoms with E-state index in [9.17, 15) is 18.7 Å². The number of hydrogen-bond donors (Lipinski definition) is 1. The first-order valence-electron chi connectivity index (χ1n) is 9.68. The summed E-state index contributed by atoms with van der Waals surface area (Å²) >= 11 is 0. The summed E-state index contributed by atoms with van der Waals surface area (Å²) < 4.78 is 34.3. The number of piperidine rings is 1. The van der Waals surface area contributed by atoms with Crippen LogP contribution >= 0.6 is 0 Å². The lowest BCUT2D eigenvalue weighted by Crippen LogP contribution is -2.57. The molecule has 2 unspecified atom stereocenters. The van der Waals surface area contributed by atoms with E-state index in [1.807, 2.05) is 0 Å². The number of halogens is 2. The number of esters is 1. The Bertz CT molecular complexity index is 909. The molecule has 0 spiro atoms. The second kappa shape index (κ2) is 7.04. The van der Waals surface area contributed by atoms with Gasteiger partial charge in [-0.3, -0.25) is 0 Å². The van der Waals surface area contributed by atoms with Gasteiger partial charge in [-0.2, -0.15) is 0 Å². The summed E-state index contributed by atoms with van der Waals surface area (Å²) in [5, 5.41) is 11.4. The van der Waals surface area contributed by atoms with Crippen LogP contribution in [0.5, 0.6) is 0 Å². The fourth-order valence-corrected chi connectivity index (χ4v) is 4.44. The van der Waals surface area contributed by atoms with E-state index in [-0.39, 0.29) is 29.3 Å². The number of fused-ring (bicyclic) bond motifs is 2. The van der Waals surface area contributed by atoms with Gasteiger partial charge in [-0.15, -0.1) is 0 Å². The van der Waals surface area contributed by atoms with E-state index in [2.05, 4.69) is 26.2 Å². The summed E-state index contributed by atoms with van der Waals surface area (Å²) in [7, 11) is 4.28. The Balaban J connectivity index is 1.66. The van der Waals surface area contributed by atoms with Gasteiger partial charge in [0.05, 0.1) is 14.1 Å². The molecule has 152 valence electrons. The normalized spacial score (nSPS) is 25.1. The van der Waals surface area contributed by atoms with Gasteiger partial charge < -0.3 is 14.3 Å². The Morgan fingerprint density at radius 2 is 1.48 bits per heavy atom. The largest absolute Gasteiger partial charge is 0.459 e. The molecule has 2 aromatic carbocycles. The van der Waals surface area contributed by atoms with Crippen LogP contribution in [0.1, 0.15) is 24.0 Å². The van der Waals surface area contributed by atoms with Crippen molar-refractivity contribution in [2.45, 2.75) is 36.6 Å². The van der Waals surface area contributed by atoms with Gasteiger partial charge in [0.1, 0.15) is 29.8 Å². The second-order valence-electron chi connectivity index (χ2n) is 8.38. The number of carbonyl (C=O) groups excluding carboxylic acids is 1. The summed E-state index contributed by atoms with van der Waals surface area (Å²) in [5.74, 6) is -2.14. The lowest BCUT2D eigenvalue weighted by atomic mass is 9.86. The number of benzene rings is 2. The maximum atomic E-state index is 13.9. The molecule has 29 heavy (non-hydrogen) atoms. The molecule has 0 aromatic heterocycles. The molecule has 0 aliphatic carbocycles. The van der Waals surface area contributed by atoms with Crippen molar-refractivity contribution in [2.75, 3.05) is 14.1 Å². The third kappa shape index (κ3) is 3.36. The predicted molar refractivity (Wildman–Crippen MR) is 104 cm³/mol. The standard InChI is InChI=1S/C23H24F2NO3/c1-26(2)19-9-10-20(26)14-21(13-19)29-22(27)23(28,15-5-3-7-17(24)11-15)16-6-4-8-18(25)12-16/h3-12,19-21,28H,13-14H2,1-2H3/q+1. The molecule has 2 aromatic rings. The molecule has 4 rings (SSSR count). The number of nitrogens with zero attached hydrogens (tertiary/aromatic N) is 1. The highest BCUT2D eigenvalue weighted by atomic mass is 19.1. The summed E-state index contributed by atoms with van der Waals surface area (Å²) in [6.45, 7) is 0. The van der Waals surface area contributed by atoms with Gasteiger partial charge in [-0.25, -0.2) is 13.6 Å². The van der Waals surface area contributed by atoms with Crippen LogP contribution in [0.4, 0.5) is 8.78 Å². The third-order valence-corrected chi connectivity index (χ3v) is 6.33. The lowest BCUT2D eigenvalue weighted by Gasteiger charge is -2.44. The molecule has 0 saturated carbocycles. The van der Waals surface area contributed by atoms with Crippen LogP contribution in [0, 0.1) is 11.6 Å². The van der Waals surface area contributed by atoms with E-state index >= 15 is 0 Å². The van der Waals surface area contributed by atoms with Crippen molar-refractivity contribution in [3.05, 3.63) is 83.4 Å². The van der Waals surface area contributed by atoms with Gasteiger partial charge in [0, 0.05) is 24.0 Å². The zero-order valence-electron chi connectivity index (χ0n) is 16.4. The van der Waals surface area contributed by atoms with E-state index in [0.29, 0.717) is 12.8 Å². The molecule has 6 heteroatoms. The Labute approximate surface area is 168 Å². The number of quaternary nitrogens is 1. The van der Waals surface area contributed by atoms with Crippen molar-refractivity contribution < 1.29 is 27.9 Å². The molecule has 2 heterocycles. The average Bonchev–Trinajstić information content (AvgIpc) is 2.84. The number of likely N-dealkylation sites (N-methyl/N-ethyl adjacent to an activating group) is 1. The van der Waals surface area contributed by atoms with Crippen molar-refractivity contribution in [3.8, 4) is 0 Å². The monoisotopic (exact) mass is 400 g/mol. The molecule has 4 nitrogen and oxygen atoms in total. The van der Waals surface area contributed by atoms with Crippen LogP contribution in [0.2, 0.25) is 0 Å². The van der Waals surface area contributed by atoms with Crippen molar-refractivity contribution >= 4 is 5.97 Å². The zero-order chi connectivity index (χ0) is 20.8. The van der Waals surface area contributed by atoms with Crippen molar-refractivity contribution in [2.24, 2.45) is 0 Å². The Morgan fingerprint density at radius 1 is 1.00 bits per heavy atom. The van der Waals surface area contributed by atoms with Gasteiger partial charge in [0.2, 0.25) is 5.60 Å². The summed E-state index contributed by atoms with van der Waals surface area (Å²) in [6, 6.07) is 10.7. The molecule has 2 bridgehead atoms. The highest BCUT2D eigenvalue weighted by Gasteiger charge is 2.49. The maximum Gasteiger partial charge on any atom is 0.347 e. The predicted octanol–water partition coefficient (Wildman–Crippen LogP) is 3.29. The van der Waals surface area contributed by atoms with Crippen LogP contribution in [-0.2, 0) is 15.1 Å². The molecule has 1 N–H and O–H groups in total. The Morgan fingerprint density at radius 3 is 1.93 bits per heavy atom. The minimum atomic E-state index is -2.31. The van der Waals surface area contributed by atoms with Crippen LogP contribution in [0.25, 0.3) is 0 Å². The van der Waals surface area contributed by atoms with Crippen molar-refractivity contribution in [1.82, 2.24) is 0 Å². The number of rotatable bonds is 4. The summed E-state index contributed by atoms with van der Waals surface area (Å²) in [6.07, 6.45) is 5.17. The van der Waals surface area contributed by atoms with Gasteiger partial charge in [-0.1, -0.05) is 24.3 Å². The number of ether oxygens (including phenoxy) is 1. The lowest BCUT2D eigenvalue weighted by molar-refractivity contribution is -0.926. The Hall–Kier alpha value is -2.57. The minimum Gasteiger partial charge on any atom is -0.459 e. The summed E-state index contributed by atoms with van der Waals surface area (Å²) in [4.78, 5) is 13.2. The van der Waals surface area contributed by atoms with Gasteiger partial charge >= 0.3 is 5.97 Å². The fourth-order valence-electron chi connectivity index (χ4n) is 4.44. The summed E-state index contributed by atoms with van der Waals surface area (Å²) in [5.41, 5.74) is -2.30. The SMILES string of the molecule is C[N+]1(C)C2C=CC1CC(OC(=O)C(O)(c1cccc(F)c1)c1cccc(F)c1)C2. The van der Waals surface area contributed by atoms with Gasteiger partial charge in [0.25, 0.3) is 0 Å². The number of hydrogen-bond acceptors (Lipinski definition) is 3.